The van der Waals surface area contributed by atoms with E-state index < -0.39 is 0 Å². The van der Waals surface area contributed by atoms with E-state index in [0.717, 1.165) is 18.7 Å². The van der Waals surface area contributed by atoms with Crippen LogP contribution in [0.3, 0.4) is 0 Å². The Kier molecular flexibility index (Phi) is 9.02. The average molecular weight is 353 g/mol. The standard InChI is InChI=1S/C18H28N2O3S/c1-24-12-6-5-9-19-13-17-14-20(10-11-22-17)18(21)23-15-16-7-3-2-4-8-16/h2-4,7-8,17,19H,5-6,9-15H2,1H3. The average Bonchev–Trinajstić information content (AvgIpc) is 2.64. The fourth-order valence-electron chi connectivity index (χ4n) is 2.58. The molecule has 1 saturated heterocycles. The number of hydrogen-bond donors (Lipinski definition) is 1. The number of nitrogens with one attached hydrogen (secondary N) is 1. The first-order valence-electron chi connectivity index (χ1n) is 8.56. The first-order valence-corrected chi connectivity index (χ1v) is 9.96. The van der Waals surface area contributed by atoms with E-state index in [1.807, 2.05) is 42.1 Å². The SMILES string of the molecule is CSCCCCNCC1CN(C(=O)OCc2ccccc2)CCO1. The second-order valence-corrected chi connectivity index (χ2v) is 6.87. The molecule has 0 saturated carbocycles. The summed E-state index contributed by atoms with van der Waals surface area (Å²) in [6.07, 6.45) is 4.33. The van der Waals surface area contributed by atoms with Gasteiger partial charge in [0, 0.05) is 13.1 Å². The van der Waals surface area contributed by atoms with Crippen molar-refractivity contribution in [2.24, 2.45) is 0 Å². The van der Waals surface area contributed by atoms with E-state index >= 15 is 0 Å². The number of nitrogens with zero attached hydrogens (tertiary/aromatic N) is 1. The number of amides is 1. The van der Waals surface area contributed by atoms with Crippen molar-refractivity contribution in [3.63, 3.8) is 0 Å². The molecule has 0 aromatic heterocycles. The van der Waals surface area contributed by atoms with Gasteiger partial charge in [0.2, 0.25) is 0 Å². The third-order valence-corrected chi connectivity index (χ3v) is 4.62. The smallest absolute Gasteiger partial charge is 0.410 e. The van der Waals surface area contributed by atoms with E-state index in [9.17, 15) is 4.79 Å². The Morgan fingerprint density at radius 3 is 3.00 bits per heavy atom. The van der Waals surface area contributed by atoms with Crippen molar-refractivity contribution >= 4 is 17.9 Å². The summed E-state index contributed by atoms with van der Waals surface area (Å²) in [4.78, 5) is 13.9. The van der Waals surface area contributed by atoms with Crippen molar-refractivity contribution in [3.05, 3.63) is 35.9 Å². The Balaban J connectivity index is 1.63. The van der Waals surface area contributed by atoms with Crippen LogP contribution in [0.15, 0.2) is 30.3 Å². The number of carbonyl (C=O) groups is 1. The quantitative estimate of drug-likeness (QED) is 0.693. The second kappa shape index (κ2) is 11.3. The third-order valence-electron chi connectivity index (χ3n) is 3.93. The van der Waals surface area contributed by atoms with Crippen LogP contribution in [0.4, 0.5) is 4.79 Å². The molecule has 1 aromatic carbocycles. The lowest BCUT2D eigenvalue weighted by atomic mass is 10.2. The number of unbranched alkanes of at least 4 members (excludes halogenated alkanes) is 1. The van der Waals surface area contributed by atoms with Gasteiger partial charge in [-0.3, -0.25) is 0 Å². The highest BCUT2D eigenvalue weighted by Gasteiger charge is 2.24. The number of carbonyl (C=O) groups excluding carboxylic acids is 1. The number of rotatable bonds is 9. The summed E-state index contributed by atoms with van der Waals surface area (Å²) in [6.45, 7) is 3.85. The number of thioether (sulfide) groups is 1. The van der Waals surface area contributed by atoms with Crippen LogP contribution in [-0.4, -0.2) is 61.9 Å². The summed E-state index contributed by atoms with van der Waals surface area (Å²) in [6, 6.07) is 9.75. The molecule has 1 aliphatic rings. The maximum atomic E-state index is 12.2. The van der Waals surface area contributed by atoms with E-state index in [1.54, 1.807) is 4.90 Å². The van der Waals surface area contributed by atoms with Crippen LogP contribution < -0.4 is 5.32 Å². The molecule has 0 aliphatic carbocycles. The molecule has 0 radical (unpaired) electrons. The Morgan fingerprint density at radius 1 is 1.38 bits per heavy atom. The van der Waals surface area contributed by atoms with Crippen LogP contribution >= 0.6 is 11.8 Å². The summed E-state index contributed by atoms with van der Waals surface area (Å²) >= 11 is 1.88. The van der Waals surface area contributed by atoms with Crippen LogP contribution in [0.1, 0.15) is 18.4 Å². The molecule has 2 rings (SSSR count). The lowest BCUT2D eigenvalue weighted by Crippen LogP contribution is -2.49. The highest BCUT2D eigenvalue weighted by atomic mass is 32.2. The van der Waals surface area contributed by atoms with Crippen LogP contribution in [-0.2, 0) is 16.1 Å². The first-order chi connectivity index (χ1) is 11.8. The Labute approximate surface area is 149 Å². The van der Waals surface area contributed by atoms with Crippen molar-refractivity contribution in [2.45, 2.75) is 25.6 Å². The minimum atomic E-state index is -0.257. The molecule has 24 heavy (non-hydrogen) atoms. The predicted octanol–water partition coefficient (Wildman–Crippen LogP) is 2.76. The van der Waals surface area contributed by atoms with Gasteiger partial charge >= 0.3 is 6.09 Å². The molecule has 1 aliphatic heterocycles. The summed E-state index contributed by atoms with van der Waals surface area (Å²) in [7, 11) is 0. The van der Waals surface area contributed by atoms with Gasteiger partial charge in [0.15, 0.2) is 0 Å². The maximum absolute atomic E-state index is 12.2. The van der Waals surface area contributed by atoms with E-state index in [0.29, 0.717) is 26.3 Å². The molecular formula is C18H28N2O3S. The van der Waals surface area contributed by atoms with Gasteiger partial charge in [0.05, 0.1) is 19.3 Å². The number of ether oxygens (including phenoxy) is 2. The molecule has 134 valence electrons. The topological polar surface area (TPSA) is 50.8 Å². The molecule has 5 nitrogen and oxygen atoms in total. The van der Waals surface area contributed by atoms with Gasteiger partial charge in [-0.05, 0) is 37.0 Å². The Hall–Kier alpha value is -1.24. The third kappa shape index (κ3) is 7.11. The second-order valence-electron chi connectivity index (χ2n) is 5.88. The van der Waals surface area contributed by atoms with Gasteiger partial charge in [-0.2, -0.15) is 11.8 Å². The van der Waals surface area contributed by atoms with Gasteiger partial charge in [0.1, 0.15) is 6.61 Å². The van der Waals surface area contributed by atoms with E-state index in [2.05, 4.69) is 11.6 Å². The molecule has 1 N–H and O–H groups in total. The van der Waals surface area contributed by atoms with Crippen LogP contribution in [0.5, 0.6) is 0 Å². The summed E-state index contributed by atoms with van der Waals surface area (Å²) in [5.41, 5.74) is 1.00. The van der Waals surface area contributed by atoms with Gasteiger partial charge in [0.25, 0.3) is 0 Å². The van der Waals surface area contributed by atoms with Crippen molar-refractivity contribution in [1.29, 1.82) is 0 Å². The van der Waals surface area contributed by atoms with Crippen LogP contribution in [0, 0.1) is 0 Å². The van der Waals surface area contributed by atoms with Crippen LogP contribution in [0.2, 0.25) is 0 Å². The largest absolute Gasteiger partial charge is 0.445 e. The lowest BCUT2D eigenvalue weighted by Gasteiger charge is -2.32. The van der Waals surface area contributed by atoms with E-state index in [4.69, 9.17) is 9.47 Å². The highest BCUT2D eigenvalue weighted by Crippen LogP contribution is 2.09. The zero-order valence-corrected chi connectivity index (χ0v) is 15.2. The van der Waals surface area contributed by atoms with E-state index in [1.165, 1.54) is 18.6 Å². The van der Waals surface area contributed by atoms with Crippen molar-refractivity contribution < 1.29 is 14.3 Å². The minimum absolute atomic E-state index is 0.0450. The first kappa shape index (κ1) is 19.1. The van der Waals surface area contributed by atoms with Gasteiger partial charge in [-0.15, -0.1) is 0 Å². The zero-order valence-electron chi connectivity index (χ0n) is 14.4. The summed E-state index contributed by atoms with van der Waals surface area (Å²) in [5.74, 6) is 1.21. The molecule has 1 aromatic rings. The Bertz CT molecular complexity index is 473. The number of hydrogen-bond acceptors (Lipinski definition) is 5. The summed E-state index contributed by atoms with van der Waals surface area (Å²) < 4.78 is 11.1. The van der Waals surface area contributed by atoms with Gasteiger partial charge in [-0.25, -0.2) is 4.79 Å². The number of morpholine rings is 1. The fourth-order valence-corrected chi connectivity index (χ4v) is 3.07. The molecule has 1 heterocycles. The van der Waals surface area contributed by atoms with Gasteiger partial charge < -0.3 is 19.7 Å². The fraction of sp³-hybridized carbons (Fsp3) is 0.611. The highest BCUT2D eigenvalue weighted by molar-refractivity contribution is 7.98. The molecule has 6 heteroatoms. The Morgan fingerprint density at radius 2 is 2.21 bits per heavy atom. The van der Waals surface area contributed by atoms with Crippen molar-refractivity contribution in [3.8, 4) is 0 Å². The number of benzene rings is 1. The minimum Gasteiger partial charge on any atom is -0.445 e. The van der Waals surface area contributed by atoms with Crippen molar-refractivity contribution in [2.75, 3.05) is 44.8 Å². The molecule has 1 unspecified atom stereocenters. The lowest BCUT2D eigenvalue weighted by molar-refractivity contribution is -0.0269. The molecule has 1 fully saturated rings. The molecular weight excluding hydrogens is 324 g/mol. The van der Waals surface area contributed by atoms with Crippen LogP contribution in [0.25, 0.3) is 0 Å². The molecule has 1 atom stereocenters. The van der Waals surface area contributed by atoms with E-state index in [-0.39, 0.29) is 12.2 Å². The monoisotopic (exact) mass is 352 g/mol. The molecule has 0 spiro atoms. The molecule has 0 bridgehead atoms. The van der Waals surface area contributed by atoms with Crippen molar-refractivity contribution in [1.82, 2.24) is 10.2 Å². The molecule has 1 amide bonds. The summed E-state index contributed by atoms with van der Waals surface area (Å²) in [5, 5.41) is 3.42. The predicted molar refractivity (Wildman–Crippen MR) is 98.4 cm³/mol. The maximum Gasteiger partial charge on any atom is 0.410 e. The zero-order chi connectivity index (χ0) is 17.0. The van der Waals surface area contributed by atoms with Gasteiger partial charge in [-0.1, -0.05) is 30.3 Å². The normalized spacial score (nSPS) is 17.7.